The first-order valence-corrected chi connectivity index (χ1v) is 9.56. The topological polar surface area (TPSA) is 26.8 Å². The van der Waals surface area contributed by atoms with Gasteiger partial charge in [0.25, 0.3) is 5.91 Å². The number of rotatable bonds is 4. The van der Waals surface area contributed by atoms with E-state index in [1.165, 1.54) is 17.4 Å². The van der Waals surface area contributed by atoms with Crippen LogP contribution in [0.1, 0.15) is 13.8 Å². The number of carbonyl (C=O) groups excluding carboxylic acids is 1. The van der Waals surface area contributed by atoms with Crippen LogP contribution in [-0.2, 0) is 4.79 Å². The monoisotopic (exact) mass is 361 g/mol. The Morgan fingerprint density at radius 3 is 2.46 bits per heavy atom. The molecule has 0 aliphatic carbocycles. The summed E-state index contributed by atoms with van der Waals surface area (Å²) < 4.78 is 0.683. The summed E-state index contributed by atoms with van der Waals surface area (Å²) in [6.45, 7) is 8.67. The van der Waals surface area contributed by atoms with Crippen LogP contribution in [-0.4, -0.2) is 52.8 Å². The first-order valence-electron chi connectivity index (χ1n) is 8.34. The number of hydrogen-bond donors (Lipinski definition) is 0. The number of hydrogen-bond acceptors (Lipinski definition) is 5. The van der Waals surface area contributed by atoms with Gasteiger partial charge in [-0.3, -0.25) is 9.69 Å². The van der Waals surface area contributed by atoms with Gasteiger partial charge in [-0.2, -0.15) is 0 Å². The fourth-order valence-electron chi connectivity index (χ4n) is 2.93. The smallest absolute Gasteiger partial charge is 0.267 e. The third-order valence-electron chi connectivity index (χ3n) is 4.16. The zero-order valence-electron chi connectivity index (χ0n) is 14.1. The molecule has 2 aliphatic heterocycles. The van der Waals surface area contributed by atoms with E-state index in [0.29, 0.717) is 16.8 Å². The molecule has 2 heterocycles. The van der Waals surface area contributed by atoms with Crippen molar-refractivity contribution < 1.29 is 4.79 Å². The van der Waals surface area contributed by atoms with Crippen LogP contribution in [0.3, 0.4) is 0 Å². The van der Waals surface area contributed by atoms with E-state index in [0.717, 1.165) is 31.1 Å². The standard InChI is InChI=1S/C18H23N3OS2/c1-14(2)12-21-17(22)16(24-18(21)23)13-19-8-10-20(11-9-19)15-6-4-3-5-7-15/h3-7,13-14H,8-12H2,1-2H3/b16-13-. The van der Waals surface area contributed by atoms with E-state index in [9.17, 15) is 4.79 Å². The number of piperazine rings is 1. The van der Waals surface area contributed by atoms with Crippen LogP contribution >= 0.6 is 24.0 Å². The highest BCUT2D eigenvalue weighted by Crippen LogP contribution is 2.32. The molecule has 128 valence electrons. The highest BCUT2D eigenvalue weighted by Gasteiger charge is 2.33. The maximum atomic E-state index is 12.5. The molecule has 2 aliphatic rings. The second-order valence-corrected chi connectivity index (χ2v) is 8.21. The third kappa shape index (κ3) is 3.92. The van der Waals surface area contributed by atoms with Crippen molar-refractivity contribution in [3.05, 3.63) is 41.4 Å². The lowest BCUT2D eigenvalue weighted by molar-refractivity contribution is -0.122. The summed E-state index contributed by atoms with van der Waals surface area (Å²) in [7, 11) is 0. The predicted octanol–water partition coefficient (Wildman–Crippen LogP) is 3.17. The molecule has 3 rings (SSSR count). The summed E-state index contributed by atoms with van der Waals surface area (Å²) in [5.74, 6) is 0.477. The fraction of sp³-hybridized carbons (Fsp3) is 0.444. The van der Waals surface area contributed by atoms with E-state index >= 15 is 0 Å². The van der Waals surface area contributed by atoms with Gasteiger partial charge in [-0.05, 0) is 18.1 Å². The Labute approximate surface area is 153 Å². The average Bonchev–Trinajstić information content (AvgIpc) is 2.83. The molecule has 4 nitrogen and oxygen atoms in total. The molecular weight excluding hydrogens is 338 g/mol. The summed E-state index contributed by atoms with van der Waals surface area (Å²) in [5, 5.41) is 0. The van der Waals surface area contributed by atoms with Gasteiger partial charge in [-0.25, -0.2) is 0 Å². The molecule has 0 atom stereocenters. The molecule has 1 aromatic rings. The molecule has 2 fully saturated rings. The number of para-hydroxylation sites is 1. The highest BCUT2D eigenvalue weighted by atomic mass is 32.2. The summed E-state index contributed by atoms with van der Waals surface area (Å²) in [6.07, 6.45) is 2.00. The summed E-state index contributed by atoms with van der Waals surface area (Å²) in [4.78, 5) is 19.6. The number of carbonyl (C=O) groups is 1. The molecule has 0 saturated carbocycles. The minimum absolute atomic E-state index is 0.0594. The molecule has 2 saturated heterocycles. The van der Waals surface area contributed by atoms with E-state index in [1.807, 2.05) is 12.3 Å². The van der Waals surface area contributed by atoms with Crippen molar-refractivity contribution in [2.24, 2.45) is 5.92 Å². The van der Waals surface area contributed by atoms with Gasteiger partial charge in [0.1, 0.15) is 4.32 Å². The lowest BCUT2D eigenvalue weighted by atomic mass is 10.2. The van der Waals surface area contributed by atoms with Crippen molar-refractivity contribution in [1.82, 2.24) is 9.80 Å². The van der Waals surface area contributed by atoms with Crippen molar-refractivity contribution in [3.8, 4) is 0 Å². The molecule has 0 bridgehead atoms. The summed E-state index contributed by atoms with van der Waals surface area (Å²) in [6, 6.07) is 10.5. The second kappa shape index (κ2) is 7.57. The molecule has 24 heavy (non-hydrogen) atoms. The summed E-state index contributed by atoms with van der Waals surface area (Å²) >= 11 is 6.79. The minimum Gasteiger partial charge on any atom is -0.373 e. The fourth-order valence-corrected chi connectivity index (χ4v) is 4.21. The van der Waals surface area contributed by atoms with Crippen molar-refractivity contribution in [2.75, 3.05) is 37.6 Å². The van der Waals surface area contributed by atoms with E-state index in [-0.39, 0.29) is 5.91 Å². The molecule has 0 N–H and O–H groups in total. The molecule has 1 aromatic carbocycles. The molecule has 0 unspecified atom stereocenters. The van der Waals surface area contributed by atoms with E-state index in [2.05, 4.69) is 47.9 Å². The van der Waals surface area contributed by atoms with Crippen LogP contribution in [0.15, 0.2) is 41.4 Å². The van der Waals surface area contributed by atoms with E-state index in [1.54, 1.807) is 4.90 Å². The molecule has 1 amide bonds. The number of thioether (sulfide) groups is 1. The van der Waals surface area contributed by atoms with Crippen LogP contribution < -0.4 is 4.90 Å². The second-order valence-electron chi connectivity index (χ2n) is 6.53. The van der Waals surface area contributed by atoms with Crippen LogP contribution in [0.5, 0.6) is 0 Å². The van der Waals surface area contributed by atoms with Gasteiger partial charge < -0.3 is 9.80 Å². The van der Waals surface area contributed by atoms with Gasteiger partial charge >= 0.3 is 0 Å². The van der Waals surface area contributed by atoms with Gasteiger partial charge in [0.15, 0.2) is 0 Å². The number of anilines is 1. The molecular formula is C18H23N3OS2. The lowest BCUT2D eigenvalue weighted by Crippen LogP contribution is -2.44. The van der Waals surface area contributed by atoms with Gasteiger partial charge in [-0.15, -0.1) is 0 Å². The molecule has 6 heteroatoms. The Balaban J connectivity index is 1.60. The van der Waals surface area contributed by atoms with Gasteiger partial charge in [-0.1, -0.05) is 56.0 Å². The zero-order chi connectivity index (χ0) is 17.1. The normalized spacial score (nSPS) is 20.6. The third-order valence-corrected chi connectivity index (χ3v) is 5.52. The number of benzene rings is 1. The maximum Gasteiger partial charge on any atom is 0.267 e. The largest absolute Gasteiger partial charge is 0.373 e. The van der Waals surface area contributed by atoms with Crippen LogP contribution in [0, 0.1) is 5.92 Å². The minimum atomic E-state index is 0.0594. The van der Waals surface area contributed by atoms with Crippen molar-refractivity contribution >= 4 is 39.9 Å². The number of amides is 1. The average molecular weight is 362 g/mol. The molecule has 0 aromatic heterocycles. The van der Waals surface area contributed by atoms with E-state index < -0.39 is 0 Å². The molecule has 0 radical (unpaired) electrons. The Morgan fingerprint density at radius 1 is 1.17 bits per heavy atom. The first-order chi connectivity index (χ1) is 11.5. The van der Waals surface area contributed by atoms with E-state index in [4.69, 9.17) is 12.2 Å². The maximum absolute atomic E-state index is 12.5. The van der Waals surface area contributed by atoms with Crippen molar-refractivity contribution in [1.29, 1.82) is 0 Å². The highest BCUT2D eigenvalue weighted by molar-refractivity contribution is 8.26. The summed E-state index contributed by atoms with van der Waals surface area (Å²) in [5.41, 5.74) is 1.26. The predicted molar refractivity (Wildman–Crippen MR) is 105 cm³/mol. The van der Waals surface area contributed by atoms with Gasteiger partial charge in [0, 0.05) is 44.6 Å². The van der Waals surface area contributed by atoms with Crippen molar-refractivity contribution in [2.45, 2.75) is 13.8 Å². The Bertz CT molecular complexity index is 637. The van der Waals surface area contributed by atoms with Crippen LogP contribution in [0.25, 0.3) is 0 Å². The van der Waals surface area contributed by atoms with Gasteiger partial charge in [0.05, 0.1) is 4.91 Å². The number of nitrogens with zero attached hydrogens (tertiary/aromatic N) is 3. The Kier molecular flexibility index (Phi) is 5.46. The molecule has 0 spiro atoms. The zero-order valence-corrected chi connectivity index (χ0v) is 15.8. The quantitative estimate of drug-likeness (QED) is 0.606. The first kappa shape index (κ1) is 17.3. The number of thiocarbonyl (C=S) groups is 1. The Morgan fingerprint density at radius 2 is 1.83 bits per heavy atom. The van der Waals surface area contributed by atoms with Crippen LogP contribution in [0.2, 0.25) is 0 Å². The lowest BCUT2D eigenvalue weighted by Gasteiger charge is -2.35. The SMILES string of the molecule is CC(C)CN1C(=O)/C(=C/N2CCN(c3ccccc3)CC2)SC1=S. The van der Waals surface area contributed by atoms with Gasteiger partial charge in [0.2, 0.25) is 0 Å². The Hall–Kier alpha value is -1.53. The van der Waals surface area contributed by atoms with Crippen molar-refractivity contribution in [3.63, 3.8) is 0 Å². The van der Waals surface area contributed by atoms with Crippen LogP contribution in [0.4, 0.5) is 5.69 Å².